The zero-order valence-corrected chi connectivity index (χ0v) is 13.6. The molecule has 0 bridgehead atoms. The van der Waals surface area contributed by atoms with Gasteiger partial charge in [0.05, 0.1) is 25.5 Å². The van der Waals surface area contributed by atoms with Crippen LogP contribution in [-0.4, -0.2) is 34.5 Å². The van der Waals surface area contributed by atoms with E-state index in [2.05, 4.69) is 5.10 Å². The number of carbonyl (C=O) groups excluding carboxylic acids is 1. The fraction of sp³-hybridized carbons (Fsp3) is 0.235. The van der Waals surface area contributed by atoms with Gasteiger partial charge in [-0.25, -0.2) is 4.79 Å². The van der Waals surface area contributed by atoms with E-state index in [1.165, 1.54) is 11.8 Å². The summed E-state index contributed by atoms with van der Waals surface area (Å²) >= 11 is 0. The number of methoxy groups -OCH3 is 2. The first-order chi connectivity index (χ1) is 11.6. The third-order valence-corrected chi connectivity index (χ3v) is 3.81. The highest BCUT2D eigenvalue weighted by atomic mass is 16.5. The summed E-state index contributed by atoms with van der Waals surface area (Å²) in [5.74, 6) is 0.157. The molecule has 124 valence electrons. The molecule has 0 saturated carbocycles. The maximum atomic E-state index is 12.7. The van der Waals surface area contributed by atoms with Gasteiger partial charge in [-0.3, -0.25) is 4.79 Å². The van der Waals surface area contributed by atoms with Crippen molar-refractivity contribution in [2.45, 2.75) is 13.5 Å². The molecule has 7 nitrogen and oxygen atoms in total. The highest BCUT2D eigenvalue weighted by Crippen LogP contribution is 2.23. The van der Waals surface area contributed by atoms with Crippen molar-refractivity contribution >= 4 is 5.97 Å². The Labute approximate surface area is 138 Å². The quantitative estimate of drug-likeness (QED) is 0.685. The van der Waals surface area contributed by atoms with E-state index < -0.39 is 5.97 Å². The minimum Gasteiger partial charge on any atom is -0.497 e. The number of esters is 1. The summed E-state index contributed by atoms with van der Waals surface area (Å²) < 4.78 is 13.0. The Bertz CT molecular complexity index is 909. The van der Waals surface area contributed by atoms with Crippen LogP contribution >= 0.6 is 0 Å². The van der Waals surface area contributed by atoms with Crippen LogP contribution in [-0.2, 0) is 11.3 Å². The molecule has 0 aliphatic carbocycles. The number of pyridine rings is 1. The lowest BCUT2D eigenvalue weighted by Crippen LogP contribution is -2.15. The van der Waals surface area contributed by atoms with Crippen LogP contribution in [0.3, 0.4) is 0 Å². The Kier molecular flexibility index (Phi) is 4.07. The van der Waals surface area contributed by atoms with E-state index in [4.69, 9.17) is 9.47 Å². The van der Waals surface area contributed by atoms with E-state index in [-0.39, 0.29) is 11.1 Å². The van der Waals surface area contributed by atoms with E-state index in [1.807, 2.05) is 6.92 Å². The number of benzene rings is 1. The molecular weight excluding hydrogens is 310 g/mol. The van der Waals surface area contributed by atoms with Gasteiger partial charge < -0.3 is 14.0 Å². The van der Waals surface area contributed by atoms with Gasteiger partial charge in [0.15, 0.2) is 0 Å². The Balaban J connectivity index is 2.23. The van der Waals surface area contributed by atoms with E-state index in [9.17, 15) is 9.59 Å². The number of nitrogens with zero attached hydrogens (tertiary/aromatic N) is 3. The fourth-order valence-electron chi connectivity index (χ4n) is 2.50. The van der Waals surface area contributed by atoms with Crippen molar-refractivity contribution in [3.05, 3.63) is 52.6 Å². The molecule has 1 aromatic rings. The predicted molar refractivity (Wildman–Crippen MR) is 88.0 cm³/mol. The SMILES string of the molecule is CCn1cc(C(=O)OC)c2nn(-c3ccc(OC)cc3)c(=O)c-2c1. The molecular formula is C17H17N3O4. The molecule has 0 spiro atoms. The second-order valence-electron chi connectivity index (χ2n) is 5.17. The van der Waals surface area contributed by atoms with Crippen LogP contribution in [0, 0.1) is 0 Å². The van der Waals surface area contributed by atoms with Gasteiger partial charge in [-0.1, -0.05) is 0 Å². The van der Waals surface area contributed by atoms with Crippen molar-refractivity contribution in [2.24, 2.45) is 0 Å². The lowest BCUT2D eigenvalue weighted by Gasteiger charge is -2.09. The van der Waals surface area contributed by atoms with Gasteiger partial charge >= 0.3 is 5.97 Å². The van der Waals surface area contributed by atoms with Crippen molar-refractivity contribution in [3.63, 3.8) is 0 Å². The molecule has 0 radical (unpaired) electrons. The number of hydrogen-bond donors (Lipinski definition) is 0. The second-order valence-corrected chi connectivity index (χ2v) is 5.17. The van der Waals surface area contributed by atoms with Gasteiger partial charge in [0.2, 0.25) is 0 Å². The highest BCUT2D eigenvalue weighted by molar-refractivity contribution is 5.96. The molecule has 0 atom stereocenters. The molecule has 7 heteroatoms. The van der Waals surface area contributed by atoms with Gasteiger partial charge in [0, 0.05) is 18.9 Å². The van der Waals surface area contributed by atoms with Gasteiger partial charge in [0.25, 0.3) is 5.56 Å². The standard InChI is InChI=1S/C17H17N3O4/c1-4-19-9-13-15(14(10-19)17(22)24-3)18-20(16(13)21)11-5-7-12(23-2)8-6-11/h5-10H,4H2,1-3H3. The Hall–Kier alpha value is -3.09. The molecule has 1 aromatic carbocycles. The summed E-state index contributed by atoms with van der Waals surface area (Å²) in [5.41, 5.74) is 1.27. The molecule has 3 rings (SSSR count). The molecule has 2 heterocycles. The zero-order chi connectivity index (χ0) is 17.3. The minimum absolute atomic E-state index is 0.265. The maximum absolute atomic E-state index is 12.7. The first-order valence-corrected chi connectivity index (χ1v) is 7.44. The number of fused-ring (bicyclic) bond motifs is 1. The largest absolute Gasteiger partial charge is 0.497 e. The summed E-state index contributed by atoms with van der Waals surface area (Å²) in [7, 11) is 2.87. The molecule has 2 aliphatic rings. The maximum Gasteiger partial charge on any atom is 0.341 e. The molecule has 0 unspecified atom stereocenters. The average Bonchev–Trinajstić information content (AvgIpc) is 2.97. The molecule has 24 heavy (non-hydrogen) atoms. The third kappa shape index (κ3) is 2.54. The first kappa shape index (κ1) is 15.8. The Morgan fingerprint density at radius 1 is 1.17 bits per heavy atom. The fourth-order valence-corrected chi connectivity index (χ4v) is 2.50. The van der Waals surface area contributed by atoms with E-state index >= 15 is 0 Å². The van der Waals surface area contributed by atoms with Crippen LogP contribution in [0.2, 0.25) is 0 Å². The van der Waals surface area contributed by atoms with Crippen molar-refractivity contribution in [1.29, 1.82) is 0 Å². The van der Waals surface area contributed by atoms with Crippen molar-refractivity contribution < 1.29 is 14.3 Å². The number of aromatic nitrogens is 3. The van der Waals surface area contributed by atoms with E-state index in [0.29, 0.717) is 29.2 Å². The molecule has 0 aromatic heterocycles. The lowest BCUT2D eigenvalue weighted by atomic mass is 10.1. The number of aryl methyl sites for hydroxylation is 1. The highest BCUT2D eigenvalue weighted by Gasteiger charge is 2.24. The molecule has 0 fully saturated rings. The Morgan fingerprint density at radius 2 is 1.88 bits per heavy atom. The van der Waals surface area contributed by atoms with Crippen LogP contribution in [0.15, 0.2) is 41.5 Å². The van der Waals surface area contributed by atoms with Crippen molar-refractivity contribution in [3.8, 4) is 22.7 Å². The average molecular weight is 327 g/mol. The third-order valence-electron chi connectivity index (χ3n) is 3.81. The van der Waals surface area contributed by atoms with Crippen LogP contribution < -0.4 is 10.3 Å². The topological polar surface area (TPSA) is 75.3 Å². The Morgan fingerprint density at radius 3 is 2.46 bits per heavy atom. The van der Waals surface area contributed by atoms with E-state index in [0.717, 1.165) is 0 Å². The van der Waals surface area contributed by atoms with Crippen LogP contribution in [0.25, 0.3) is 16.9 Å². The monoisotopic (exact) mass is 327 g/mol. The van der Waals surface area contributed by atoms with Crippen molar-refractivity contribution in [2.75, 3.05) is 14.2 Å². The minimum atomic E-state index is -0.526. The first-order valence-electron chi connectivity index (χ1n) is 7.44. The van der Waals surface area contributed by atoms with E-state index in [1.54, 1.807) is 48.3 Å². The molecule has 0 saturated heterocycles. The van der Waals surface area contributed by atoms with Gasteiger partial charge in [-0.15, -0.1) is 0 Å². The predicted octanol–water partition coefficient (Wildman–Crippen LogP) is 1.95. The molecule has 0 amide bonds. The summed E-state index contributed by atoms with van der Waals surface area (Å²) in [4.78, 5) is 24.8. The number of ether oxygens (including phenoxy) is 2. The smallest absolute Gasteiger partial charge is 0.341 e. The lowest BCUT2D eigenvalue weighted by molar-refractivity contribution is 0.0600. The van der Waals surface area contributed by atoms with Gasteiger partial charge in [0.1, 0.15) is 17.0 Å². The van der Waals surface area contributed by atoms with Gasteiger partial charge in [-0.2, -0.15) is 9.78 Å². The van der Waals surface area contributed by atoms with Crippen LogP contribution in [0.1, 0.15) is 17.3 Å². The van der Waals surface area contributed by atoms with Crippen molar-refractivity contribution in [1.82, 2.24) is 14.3 Å². The number of rotatable bonds is 4. The zero-order valence-electron chi connectivity index (χ0n) is 13.6. The summed E-state index contributed by atoms with van der Waals surface area (Å²) in [6.45, 7) is 2.54. The van der Waals surface area contributed by atoms with Crippen LogP contribution in [0.4, 0.5) is 0 Å². The van der Waals surface area contributed by atoms with Gasteiger partial charge in [-0.05, 0) is 31.2 Å². The molecule has 0 N–H and O–H groups in total. The molecule has 2 aliphatic heterocycles. The second kappa shape index (κ2) is 6.19. The van der Waals surface area contributed by atoms with Crippen LogP contribution in [0.5, 0.6) is 5.75 Å². The summed E-state index contributed by atoms with van der Waals surface area (Å²) in [5, 5.41) is 4.33. The number of hydrogen-bond acceptors (Lipinski definition) is 5. The summed E-state index contributed by atoms with van der Waals surface area (Å²) in [6, 6.07) is 6.96. The number of carbonyl (C=O) groups is 1. The summed E-state index contributed by atoms with van der Waals surface area (Å²) in [6.07, 6.45) is 3.33. The normalized spacial score (nSPS) is 10.8.